The molecule has 0 amide bonds. The Morgan fingerprint density at radius 3 is 2.91 bits per heavy atom. The minimum atomic E-state index is 0.316. The van der Waals surface area contributed by atoms with Gasteiger partial charge < -0.3 is 9.52 Å². The van der Waals surface area contributed by atoms with Crippen LogP contribution < -0.4 is 0 Å². The summed E-state index contributed by atoms with van der Waals surface area (Å²) in [5, 5.41) is 10.3. The molecule has 0 aliphatic rings. The SMILES string of the molecule is Cc1ccc2occc2c1O. The van der Waals surface area contributed by atoms with Gasteiger partial charge in [-0.3, -0.25) is 0 Å². The molecule has 1 heterocycles. The molecule has 0 bridgehead atoms. The highest BCUT2D eigenvalue weighted by Crippen LogP contribution is 2.28. The van der Waals surface area contributed by atoms with Gasteiger partial charge in [0.05, 0.1) is 11.6 Å². The van der Waals surface area contributed by atoms with Crippen molar-refractivity contribution in [2.75, 3.05) is 0 Å². The van der Waals surface area contributed by atoms with Gasteiger partial charge in [0, 0.05) is 0 Å². The van der Waals surface area contributed by atoms with Gasteiger partial charge in [-0.1, -0.05) is 6.07 Å². The maximum atomic E-state index is 9.49. The van der Waals surface area contributed by atoms with E-state index in [1.54, 1.807) is 12.3 Å². The molecular formula is C9H8O2. The summed E-state index contributed by atoms with van der Waals surface area (Å²) in [5.74, 6) is 0.316. The molecule has 0 spiro atoms. The second-order valence-electron chi connectivity index (χ2n) is 2.56. The molecule has 1 N–H and O–H groups in total. The van der Waals surface area contributed by atoms with E-state index in [0.717, 1.165) is 16.5 Å². The van der Waals surface area contributed by atoms with Gasteiger partial charge in [0.25, 0.3) is 0 Å². The molecule has 11 heavy (non-hydrogen) atoms. The van der Waals surface area contributed by atoms with Gasteiger partial charge in [0.15, 0.2) is 0 Å². The molecule has 2 nitrogen and oxygen atoms in total. The van der Waals surface area contributed by atoms with Crippen LogP contribution in [0.25, 0.3) is 11.0 Å². The van der Waals surface area contributed by atoms with E-state index in [4.69, 9.17) is 4.42 Å². The summed E-state index contributed by atoms with van der Waals surface area (Å²) >= 11 is 0. The van der Waals surface area contributed by atoms with Crippen LogP contribution in [0.3, 0.4) is 0 Å². The zero-order valence-corrected chi connectivity index (χ0v) is 6.16. The molecule has 56 valence electrons. The standard InChI is InChI=1S/C9H8O2/c1-6-2-3-8-7(9(6)10)4-5-11-8/h2-5,10H,1H3. The van der Waals surface area contributed by atoms with Gasteiger partial charge in [-0.25, -0.2) is 0 Å². The second-order valence-corrected chi connectivity index (χ2v) is 2.56. The minimum absolute atomic E-state index is 0.316. The van der Waals surface area contributed by atoms with Gasteiger partial charge in [-0.05, 0) is 24.6 Å². The number of benzene rings is 1. The molecule has 0 saturated carbocycles. The summed E-state index contributed by atoms with van der Waals surface area (Å²) in [7, 11) is 0. The third-order valence-corrected chi connectivity index (χ3v) is 1.81. The van der Waals surface area contributed by atoms with E-state index in [2.05, 4.69) is 0 Å². The molecule has 0 fully saturated rings. The lowest BCUT2D eigenvalue weighted by Gasteiger charge is -1.96. The first-order valence-electron chi connectivity index (χ1n) is 3.45. The number of phenols is 1. The van der Waals surface area contributed by atoms with Crippen LogP contribution in [0, 0.1) is 6.92 Å². The van der Waals surface area contributed by atoms with Crippen molar-refractivity contribution < 1.29 is 9.52 Å². The maximum Gasteiger partial charge on any atom is 0.137 e. The number of aromatic hydroxyl groups is 1. The molecule has 0 saturated heterocycles. The van der Waals surface area contributed by atoms with E-state index in [1.165, 1.54) is 0 Å². The fourth-order valence-electron chi connectivity index (χ4n) is 1.14. The molecule has 1 aromatic heterocycles. The van der Waals surface area contributed by atoms with E-state index < -0.39 is 0 Å². The maximum absolute atomic E-state index is 9.49. The highest BCUT2D eigenvalue weighted by atomic mass is 16.3. The smallest absolute Gasteiger partial charge is 0.137 e. The van der Waals surface area contributed by atoms with Gasteiger partial charge in [-0.2, -0.15) is 0 Å². The average molecular weight is 148 g/mol. The Balaban J connectivity index is 2.93. The Kier molecular flexibility index (Phi) is 1.15. The van der Waals surface area contributed by atoms with Gasteiger partial charge in [-0.15, -0.1) is 0 Å². The zero-order valence-electron chi connectivity index (χ0n) is 6.16. The predicted octanol–water partition coefficient (Wildman–Crippen LogP) is 2.45. The number of phenolic OH excluding ortho intramolecular Hbond substituents is 1. The van der Waals surface area contributed by atoms with Crippen molar-refractivity contribution in [1.82, 2.24) is 0 Å². The van der Waals surface area contributed by atoms with Crippen LogP contribution in [0.5, 0.6) is 5.75 Å². The van der Waals surface area contributed by atoms with Crippen molar-refractivity contribution in [1.29, 1.82) is 0 Å². The molecule has 0 atom stereocenters. The van der Waals surface area contributed by atoms with E-state index in [-0.39, 0.29) is 0 Å². The summed E-state index contributed by atoms with van der Waals surface area (Å²) < 4.78 is 5.09. The van der Waals surface area contributed by atoms with E-state index in [1.807, 2.05) is 19.1 Å². The van der Waals surface area contributed by atoms with Crippen molar-refractivity contribution in [3.05, 3.63) is 30.0 Å². The number of hydrogen-bond acceptors (Lipinski definition) is 2. The molecule has 0 unspecified atom stereocenters. The molecular weight excluding hydrogens is 140 g/mol. The van der Waals surface area contributed by atoms with Crippen LogP contribution in [0.15, 0.2) is 28.9 Å². The molecule has 2 aromatic rings. The normalized spacial score (nSPS) is 10.6. The molecule has 2 heteroatoms. The lowest BCUT2D eigenvalue weighted by Crippen LogP contribution is -1.73. The van der Waals surface area contributed by atoms with E-state index in [0.29, 0.717) is 5.75 Å². The van der Waals surface area contributed by atoms with Crippen molar-refractivity contribution in [3.8, 4) is 5.75 Å². The Morgan fingerprint density at radius 1 is 1.27 bits per heavy atom. The fourth-order valence-corrected chi connectivity index (χ4v) is 1.14. The summed E-state index contributed by atoms with van der Waals surface area (Å²) in [4.78, 5) is 0. The highest BCUT2D eigenvalue weighted by Gasteiger charge is 2.03. The van der Waals surface area contributed by atoms with Crippen LogP contribution >= 0.6 is 0 Å². The summed E-state index contributed by atoms with van der Waals surface area (Å²) in [5.41, 5.74) is 1.60. The van der Waals surface area contributed by atoms with Crippen molar-refractivity contribution in [2.24, 2.45) is 0 Å². The van der Waals surface area contributed by atoms with Crippen molar-refractivity contribution >= 4 is 11.0 Å². The minimum Gasteiger partial charge on any atom is -0.507 e. The largest absolute Gasteiger partial charge is 0.507 e. The van der Waals surface area contributed by atoms with Crippen LogP contribution in [0.2, 0.25) is 0 Å². The third-order valence-electron chi connectivity index (χ3n) is 1.81. The lowest BCUT2D eigenvalue weighted by atomic mass is 10.1. The lowest BCUT2D eigenvalue weighted by molar-refractivity contribution is 0.477. The third kappa shape index (κ3) is 0.792. The monoisotopic (exact) mass is 148 g/mol. The summed E-state index contributed by atoms with van der Waals surface area (Å²) in [6, 6.07) is 5.45. The predicted molar refractivity (Wildman–Crippen MR) is 42.6 cm³/mol. The zero-order chi connectivity index (χ0) is 7.84. The number of furan rings is 1. The topological polar surface area (TPSA) is 33.4 Å². The molecule has 1 aromatic carbocycles. The van der Waals surface area contributed by atoms with Crippen LogP contribution in [0.1, 0.15) is 5.56 Å². The van der Waals surface area contributed by atoms with Crippen molar-refractivity contribution in [3.63, 3.8) is 0 Å². The van der Waals surface area contributed by atoms with Gasteiger partial charge in [0.1, 0.15) is 11.3 Å². The Bertz CT molecular complexity index is 387. The quantitative estimate of drug-likeness (QED) is 0.622. The van der Waals surface area contributed by atoms with Crippen LogP contribution in [-0.4, -0.2) is 5.11 Å². The number of rotatable bonds is 0. The first-order chi connectivity index (χ1) is 5.29. The van der Waals surface area contributed by atoms with Crippen LogP contribution in [-0.2, 0) is 0 Å². The first-order valence-corrected chi connectivity index (χ1v) is 3.45. The first kappa shape index (κ1) is 6.28. The Labute approximate surface area is 64.1 Å². The number of aryl methyl sites for hydroxylation is 1. The van der Waals surface area contributed by atoms with E-state index >= 15 is 0 Å². The second kappa shape index (κ2) is 2.02. The molecule has 0 aliphatic carbocycles. The highest BCUT2D eigenvalue weighted by molar-refractivity contribution is 5.84. The number of fused-ring (bicyclic) bond motifs is 1. The number of hydrogen-bond donors (Lipinski definition) is 1. The Morgan fingerprint density at radius 2 is 2.09 bits per heavy atom. The van der Waals surface area contributed by atoms with Crippen LogP contribution in [0.4, 0.5) is 0 Å². The Hall–Kier alpha value is -1.44. The molecule has 0 radical (unpaired) electrons. The fraction of sp³-hybridized carbons (Fsp3) is 0.111. The summed E-state index contributed by atoms with van der Waals surface area (Å²) in [6.45, 7) is 1.86. The summed E-state index contributed by atoms with van der Waals surface area (Å²) in [6.07, 6.45) is 1.57. The average Bonchev–Trinajstić information content (AvgIpc) is 2.45. The van der Waals surface area contributed by atoms with Crippen molar-refractivity contribution in [2.45, 2.75) is 6.92 Å². The van der Waals surface area contributed by atoms with Gasteiger partial charge >= 0.3 is 0 Å². The van der Waals surface area contributed by atoms with Gasteiger partial charge in [0.2, 0.25) is 0 Å². The van der Waals surface area contributed by atoms with E-state index in [9.17, 15) is 5.11 Å². The molecule has 0 aliphatic heterocycles. The molecule has 2 rings (SSSR count).